The van der Waals surface area contributed by atoms with E-state index >= 15 is 0 Å². The standard InChI is InChI=1S/C18H19N3O4S/c1-10-14(8-19-17(23)7-13-9-26-11(2)20-13)21-18(25-10)12-4-5-16(24-3)15(22)6-12/h4-6,9,22H,7-8H2,1-3H3,(H,19,23). The fourth-order valence-electron chi connectivity index (χ4n) is 2.44. The Labute approximate surface area is 154 Å². The summed E-state index contributed by atoms with van der Waals surface area (Å²) >= 11 is 1.52. The van der Waals surface area contributed by atoms with Gasteiger partial charge >= 0.3 is 0 Å². The minimum Gasteiger partial charge on any atom is -0.504 e. The summed E-state index contributed by atoms with van der Waals surface area (Å²) in [4.78, 5) is 20.7. The number of phenols is 1. The van der Waals surface area contributed by atoms with Crippen molar-refractivity contribution in [2.24, 2.45) is 0 Å². The Bertz CT molecular complexity index is 932. The number of ether oxygens (including phenoxy) is 1. The third-order valence-electron chi connectivity index (χ3n) is 3.78. The molecule has 0 aliphatic heterocycles. The SMILES string of the molecule is COc1ccc(-c2nc(CNC(=O)Cc3csc(C)n3)c(C)o2)cc1O. The summed E-state index contributed by atoms with van der Waals surface area (Å²) in [6, 6.07) is 4.91. The van der Waals surface area contributed by atoms with Crippen molar-refractivity contribution in [3.8, 4) is 23.0 Å². The third-order valence-corrected chi connectivity index (χ3v) is 4.60. The minimum atomic E-state index is -0.124. The number of rotatable bonds is 6. The van der Waals surface area contributed by atoms with Gasteiger partial charge < -0.3 is 19.6 Å². The maximum atomic E-state index is 12.0. The molecule has 136 valence electrons. The lowest BCUT2D eigenvalue weighted by atomic mass is 10.2. The Kier molecular flexibility index (Phi) is 5.22. The second-order valence-electron chi connectivity index (χ2n) is 5.72. The highest BCUT2D eigenvalue weighted by atomic mass is 32.1. The number of carbonyl (C=O) groups is 1. The number of benzene rings is 1. The molecule has 0 spiro atoms. The molecule has 0 atom stereocenters. The van der Waals surface area contributed by atoms with E-state index in [1.165, 1.54) is 24.5 Å². The highest BCUT2D eigenvalue weighted by Crippen LogP contribution is 2.31. The van der Waals surface area contributed by atoms with Crippen LogP contribution in [0.5, 0.6) is 11.5 Å². The Morgan fingerprint density at radius 3 is 2.81 bits per heavy atom. The molecule has 26 heavy (non-hydrogen) atoms. The zero-order valence-electron chi connectivity index (χ0n) is 14.7. The van der Waals surface area contributed by atoms with Crippen molar-refractivity contribution in [2.45, 2.75) is 26.8 Å². The molecule has 2 heterocycles. The third kappa shape index (κ3) is 4.02. The average Bonchev–Trinajstić information content (AvgIpc) is 3.18. The van der Waals surface area contributed by atoms with Crippen LogP contribution in [-0.4, -0.2) is 28.1 Å². The second kappa shape index (κ2) is 7.57. The van der Waals surface area contributed by atoms with Gasteiger partial charge in [-0.3, -0.25) is 4.79 Å². The Hall–Kier alpha value is -2.87. The molecule has 7 nitrogen and oxygen atoms in total. The molecule has 0 fully saturated rings. The number of oxazole rings is 1. The van der Waals surface area contributed by atoms with E-state index in [1.54, 1.807) is 19.1 Å². The molecule has 0 radical (unpaired) electrons. The molecule has 2 aromatic heterocycles. The van der Waals surface area contributed by atoms with Gasteiger partial charge in [0.05, 0.1) is 30.8 Å². The van der Waals surface area contributed by atoms with Gasteiger partial charge in [0.2, 0.25) is 11.8 Å². The van der Waals surface area contributed by atoms with Gasteiger partial charge in [0.25, 0.3) is 0 Å². The van der Waals surface area contributed by atoms with Crippen LogP contribution < -0.4 is 10.1 Å². The van der Waals surface area contributed by atoms with E-state index in [9.17, 15) is 9.90 Å². The van der Waals surface area contributed by atoms with Crippen molar-refractivity contribution in [2.75, 3.05) is 7.11 Å². The molecule has 1 aromatic carbocycles. The molecule has 1 amide bonds. The number of thiazole rings is 1. The summed E-state index contributed by atoms with van der Waals surface area (Å²) in [5, 5.41) is 15.5. The highest BCUT2D eigenvalue weighted by Gasteiger charge is 2.14. The number of methoxy groups -OCH3 is 1. The van der Waals surface area contributed by atoms with Crippen molar-refractivity contribution in [1.82, 2.24) is 15.3 Å². The van der Waals surface area contributed by atoms with Gasteiger partial charge in [-0.05, 0) is 32.0 Å². The fraction of sp³-hybridized carbons (Fsp3) is 0.278. The molecular formula is C18H19N3O4S. The quantitative estimate of drug-likeness (QED) is 0.689. The van der Waals surface area contributed by atoms with Gasteiger partial charge in [0.15, 0.2) is 11.5 Å². The van der Waals surface area contributed by atoms with Crippen molar-refractivity contribution in [3.63, 3.8) is 0 Å². The van der Waals surface area contributed by atoms with Crippen LogP contribution in [0.25, 0.3) is 11.5 Å². The number of nitrogens with zero attached hydrogens (tertiary/aromatic N) is 2. The molecule has 0 saturated heterocycles. The van der Waals surface area contributed by atoms with E-state index in [0.717, 1.165) is 10.7 Å². The fourth-order valence-corrected chi connectivity index (χ4v) is 3.05. The minimum absolute atomic E-state index is 0.00858. The molecule has 0 aliphatic carbocycles. The number of nitrogens with one attached hydrogen (secondary N) is 1. The molecular weight excluding hydrogens is 354 g/mol. The first-order valence-electron chi connectivity index (χ1n) is 7.97. The van der Waals surface area contributed by atoms with Gasteiger partial charge in [-0.1, -0.05) is 0 Å². The predicted molar refractivity (Wildman–Crippen MR) is 97.3 cm³/mol. The van der Waals surface area contributed by atoms with Gasteiger partial charge in [0.1, 0.15) is 11.5 Å². The average molecular weight is 373 g/mol. The lowest BCUT2D eigenvalue weighted by molar-refractivity contribution is -0.120. The molecule has 0 bridgehead atoms. The van der Waals surface area contributed by atoms with Crippen LogP contribution in [0.4, 0.5) is 0 Å². The number of amides is 1. The maximum absolute atomic E-state index is 12.0. The van der Waals surface area contributed by atoms with Crippen LogP contribution in [0.15, 0.2) is 28.0 Å². The topological polar surface area (TPSA) is 97.5 Å². The number of hydrogen-bond acceptors (Lipinski definition) is 7. The number of phenolic OH excluding ortho intramolecular Hbond substituents is 1. The monoisotopic (exact) mass is 373 g/mol. The smallest absolute Gasteiger partial charge is 0.226 e. The van der Waals surface area contributed by atoms with Crippen LogP contribution in [0.1, 0.15) is 22.2 Å². The normalized spacial score (nSPS) is 10.7. The van der Waals surface area contributed by atoms with E-state index in [4.69, 9.17) is 9.15 Å². The summed E-state index contributed by atoms with van der Waals surface area (Å²) in [5.74, 6) is 1.25. The highest BCUT2D eigenvalue weighted by molar-refractivity contribution is 7.09. The Morgan fingerprint density at radius 2 is 2.15 bits per heavy atom. The maximum Gasteiger partial charge on any atom is 0.226 e. The van der Waals surface area contributed by atoms with E-state index in [2.05, 4.69) is 15.3 Å². The molecule has 3 rings (SSSR count). The molecule has 0 saturated carbocycles. The zero-order valence-corrected chi connectivity index (χ0v) is 15.5. The van der Waals surface area contributed by atoms with Gasteiger partial charge in [-0.2, -0.15) is 0 Å². The van der Waals surface area contributed by atoms with Crippen LogP contribution in [-0.2, 0) is 17.8 Å². The van der Waals surface area contributed by atoms with E-state index < -0.39 is 0 Å². The molecule has 0 unspecified atom stereocenters. The van der Waals surface area contributed by atoms with E-state index in [0.29, 0.717) is 28.7 Å². The summed E-state index contributed by atoms with van der Waals surface area (Å²) in [5.41, 5.74) is 2.02. The zero-order chi connectivity index (χ0) is 18.7. The van der Waals surface area contributed by atoms with Crippen LogP contribution >= 0.6 is 11.3 Å². The van der Waals surface area contributed by atoms with Crippen LogP contribution in [0.3, 0.4) is 0 Å². The molecule has 3 aromatic rings. The first kappa shape index (κ1) is 17.9. The number of carbonyl (C=O) groups excluding carboxylic acids is 1. The lowest BCUT2D eigenvalue weighted by Crippen LogP contribution is -2.25. The molecule has 2 N–H and O–H groups in total. The number of hydrogen-bond donors (Lipinski definition) is 2. The van der Waals surface area contributed by atoms with Crippen molar-refractivity contribution < 1.29 is 19.1 Å². The summed E-state index contributed by atoms with van der Waals surface area (Å²) in [6.07, 6.45) is 0.237. The number of aromatic nitrogens is 2. The van der Waals surface area contributed by atoms with Crippen molar-refractivity contribution in [1.29, 1.82) is 0 Å². The largest absolute Gasteiger partial charge is 0.504 e. The first-order valence-corrected chi connectivity index (χ1v) is 8.85. The van der Waals surface area contributed by atoms with Crippen molar-refractivity contribution in [3.05, 3.63) is 45.7 Å². The lowest BCUT2D eigenvalue weighted by Gasteiger charge is -2.03. The Balaban J connectivity index is 1.66. The van der Waals surface area contributed by atoms with Crippen molar-refractivity contribution >= 4 is 17.2 Å². The summed E-state index contributed by atoms with van der Waals surface area (Å²) in [7, 11) is 1.48. The van der Waals surface area contributed by atoms with Gasteiger partial charge in [-0.25, -0.2) is 9.97 Å². The first-order chi connectivity index (χ1) is 12.5. The predicted octanol–water partition coefficient (Wildman–Crippen LogP) is 2.99. The summed E-state index contributed by atoms with van der Waals surface area (Å²) < 4.78 is 10.7. The summed E-state index contributed by atoms with van der Waals surface area (Å²) in [6.45, 7) is 3.95. The number of aromatic hydroxyl groups is 1. The molecule has 8 heteroatoms. The van der Waals surface area contributed by atoms with Crippen LogP contribution in [0, 0.1) is 13.8 Å². The molecule has 0 aliphatic rings. The van der Waals surface area contributed by atoms with E-state index in [-0.39, 0.29) is 24.6 Å². The van der Waals surface area contributed by atoms with Gasteiger partial charge in [-0.15, -0.1) is 11.3 Å². The van der Waals surface area contributed by atoms with E-state index in [1.807, 2.05) is 12.3 Å². The second-order valence-corrected chi connectivity index (χ2v) is 6.78. The number of aryl methyl sites for hydroxylation is 2. The van der Waals surface area contributed by atoms with Crippen LogP contribution in [0.2, 0.25) is 0 Å². The van der Waals surface area contributed by atoms with Gasteiger partial charge in [0, 0.05) is 10.9 Å². The Morgan fingerprint density at radius 1 is 1.35 bits per heavy atom.